The van der Waals surface area contributed by atoms with Crippen molar-refractivity contribution in [1.82, 2.24) is 4.90 Å². The van der Waals surface area contributed by atoms with Crippen molar-refractivity contribution >= 4 is 23.2 Å². The average molecular weight is 461 g/mol. The van der Waals surface area contributed by atoms with Crippen LogP contribution < -0.4 is 11.5 Å². The molecule has 0 heterocycles. The van der Waals surface area contributed by atoms with Crippen molar-refractivity contribution in [2.24, 2.45) is 23.3 Å². The number of aromatic hydroxyl groups is 1. The van der Waals surface area contributed by atoms with E-state index in [1.54, 1.807) is 0 Å². The number of likely N-dealkylation sites (N-methyl/N-ethyl adjacent to an activating group) is 1. The number of hydrogen-bond acceptors (Lipinski definition) is 9. The lowest BCUT2D eigenvalue weighted by molar-refractivity contribution is -0.153. The molecular weight excluding hydrogens is 437 g/mol. The summed E-state index contributed by atoms with van der Waals surface area (Å²) in [4.78, 5) is 39.9. The van der Waals surface area contributed by atoms with E-state index in [-0.39, 0.29) is 41.6 Å². The molecule has 4 atom stereocenters. The van der Waals surface area contributed by atoms with Crippen molar-refractivity contribution in [1.29, 1.82) is 0 Å². The van der Waals surface area contributed by atoms with E-state index in [4.69, 9.17) is 11.5 Å². The molecule has 0 saturated heterocycles. The Balaban J connectivity index is 1.99. The van der Waals surface area contributed by atoms with Gasteiger partial charge in [-0.15, -0.1) is 0 Å². The summed E-state index contributed by atoms with van der Waals surface area (Å²) < 4.78 is 15.0. The van der Waals surface area contributed by atoms with Gasteiger partial charge in [-0.3, -0.25) is 19.3 Å². The molecule has 0 spiro atoms. The van der Waals surface area contributed by atoms with Crippen LogP contribution >= 0.6 is 0 Å². The number of Topliss-reactive ketones (excluding diaryl/α,β-unsaturated/α-hetero) is 2. The molecule has 0 radical (unpaired) electrons. The zero-order chi connectivity index (χ0) is 24.6. The van der Waals surface area contributed by atoms with Crippen LogP contribution in [0.3, 0.4) is 0 Å². The molecule has 1 aromatic carbocycles. The molecule has 1 amide bonds. The molecule has 3 aliphatic rings. The summed E-state index contributed by atoms with van der Waals surface area (Å²) in [5.74, 6) is -8.52. The highest BCUT2D eigenvalue weighted by Crippen LogP contribution is 2.53. The molecule has 4 rings (SSSR count). The topological polar surface area (TPSA) is 187 Å². The van der Waals surface area contributed by atoms with Crippen LogP contribution in [0.5, 0.6) is 5.75 Å². The number of benzene rings is 1. The van der Waals surface area contributed by atoms with Crippen molar-refractivity contribution in [3.63, 3.8) is 0 Å². The van der Waals surface area contributed by atoms with Gasteiger partial charge in [0.15, 0.2) is 11.4 Å². The number of aliphatic hydroxyl groups excluding tert-OH is 2. The van der Waals surface area contributed by atoms with E-state index in [0.29, 0.717) is 0 Å². The molecule has 1 saturated carbocycles. The lowest BCUT2D eigenvalue weighted by atomic mass is 9.57. The van der Waals surface area contributed by atoms with Gasteiger partial charge in [0, 0.05) is 29.2 Å². The number of carbonyl (C=O) groups excluding carboxylic acids is 3. The fourth-order valence-electron chi connectivity index (χ4n) is 5.50. The maximum Gasteiger partial charge on any atom is 0.255 e. The first-order valence-electron chi connectivity index (χ1n) is 10.3. The van der Waals surface area contributed by atoms with E-state index in [0.717, 1.165) is 6.07 Å². The lowest BCUT2D eigenvalue weighted by Gasteiger charge is -2.50. The number of fused-ring (bicyclic) bond motifs is 3. The van der Waals surface area contributed by atoms with Gasteiger partial charge in [-0.2, -0.15) is 0 Å². The Kier molecular flexibility index (Phi) is 5.11. The predicted molar refractivity (Wildman–Crippen MR) is 112 cm³/mol. The molecule has 0 aromatic heterocycles. The van der Waals surface area contributed by atoms with Gasteiger partial charge in [-0.25, -0.2) is 4.39 Å². The van der Waals surface area contributed by atoms with Crippen LogP contribution in [0.4, 0.5) is 4.39 Å². The van der Waals surface area contributed by atoms with E-state index in [9.17, 15) is 34.8 Å². The first-order chi connectivity index (χ1) is 15.4. The SMILES string of the molecule is CN(C)[C@@H]1C(=O)C(C(N)=O)=C(O)[C@@]2(O)C(=O)C3=C(O)c4c(O)cc(CN)c(F)c4C[C@H]3C[C@@H]12. The number of phenolic OH excluding ortho intramolecular Hbond substituents is 1. The van der Waals surface area contributed by atoms with Crippen LogP contribution in [0.15, 0.2) is 23.0 Å². The fraction of sp³-hybridized carbons (Fsp3) is 0.409. The van der Waals surface area contributed by atoms with Crippen molar-refractivity contribution in [3.05, 3.63) is 45.5 Å². The summed E-state index contributed by atoms with van der Waals surface area (Å²) in [5.41, 5.74) is 6.52. The maximum atomic E-state index is 15.0. The third-order valence-corrected chi connectivity index (χ3v) is 6.95. The number of hydrogen-bond donors (Lipinski definition) is 6. The van der Waals surface area contributed by atoms with Gasteiger partial charge in [-0.1, -0.05) is 0 Å². The van der Waals surface area contributed by atoms with Crippen molar-refractivity contribution in [3.8, 4) is 5.75 Å². The summed E-state index contributed by atoms with van der Waals surface area (Å²) in [6.07, 6.45) is -0.236. The van der Waals surface area contributed by atoms with Crippen LogP contribution in [0, 0.1) is 17.7 Å². The molecule has 0 unspecified atom stereocenters. The molecular formula is C22H24FN3O7. The highest BCUT2D eigenvalue weighted by Gasteiger charge is 2.64. The van der Waals surface area contributed by atoms with Crippen molar-refractivity contribution in [2.45, 2.75) is 31.0 Å². The maximum absolute atomic E-state index is 15.0. The third-order valence-electron chi connectivity index (χ3n) is 6.95. The summed E-state index contributed by atoms with van der Waals surface area (Å²) in [6.45, 7) is -0.207. The minimum atomic E-state index is -2.73. The van der Waals surface area contributed by atoms with E-state index < -0.39 is 69.6 Å². The van der Waals surface area contributed by atoms with E-state index in [1.807, 2.05) is 0 Å². The highest BCUT2D eigenvalue weighted by molar-refractivity contribution is 6.24. The molecule has 11 heteroatoms. The normalized spacial score (nSPS) is 29.2. The smallest absolute Gasteiger partial charge is 0.255 e. The minimum Gasteiger partial charge on any atom is -0.508 e. The number of nitrogens with two attached hydrogens (primary N) is 2. The van der Waals surface area contributed by atoms with Gasteiger partial charge in [0.1, 0.15) is 28.7 Å². The number of primary amides is 1. The van der Waals surface area contributed by atoms with Crippen LogP contribution in [0.1, 0.15) is 23.1 Å². The molecule has 176 valence electrons. The van der Waals surface area contributed by atoms with Gasteiger partial charge < -0.3 is 31.9 Å². The van der Waals surface area contributed by atoms with E-state index in [2.05, 4.69) is 0 Å². The van der Waals surface area contributed by atoms with Gasteiger partial charge in [-0.05, 0) is 38.9 Å². The quantitative estimate of drug-likeness (QED) is 0.324. The number of ketones is 2. The van der Waals surface area contributed by atoms with Gasteiger partial charge in [0.05, 0.1) is 11.6 Å². The lowest BCUT2D eigenvalue weighted by Crippen LogP contribution is -2.65. The van der Waals surface area contributed by atoms with Crippen LogP contribution in [-0.2, 0) is 27.3 Å². The monoisotopic (exact) mass is 461 g/mol. The molecule has 1 aromatic rings. The fourth-order valence-corrected chi connectivity index (χ4v) is 5.50. The first kappa shape index (κ1) is 22.9. The largest absolute Gasteiger partial charge is 0.508 e. The third kappa shape index (κ3) is 2.86. The molecule has 8 N–H and O–H groups in total. The Morgan fingerprint density at radius 3 is 2.45 bits per heavy atom. The second-order valence-corrected chi connectivity index (χ2v) is 8.89. The van der Waals surface area contributed by atoms with Gasteiger partial charge >= 0.3 is 0 Å². The highest BCUT2D eigenvalue weighted by atomic mass is 19.1. The number of aliphatic hydroxyl groups is 3. The Morgan fingerprint density at radius 1 is 1.27 bits per heavy atom. The zero-order valence-corrected chi connectivity index (χ0v) is 17.9. The molecule has 33 heavy (non-hydrogen) atoms. The summed E-state index contributed by atoms with van der Waals surface area (Å²) in [5, 5.41) is 43.5. The zero-order valence-electron chi connectivity index (χ0n) is 17.9. The van der Waals surface area contributed by atoms with E-state index in [1.165, 1.54) is 19.0 Å². The standard InChI is InChI=1S/C22H24FN3O7/c1-26(2)16-10-4-7-3-9-13(11(27)5-8(6-24)15(9)23)17(28)12(7)19(30)22(10,33)20(31)14(18(16)29)21(25)32/h5,7,10,16,27-28,31,33H,3-4,6,24H2,1-2H3,(H2,25,32)/t7-,10-,16-,22-/m0/s1. The number of phenols is 1. The molecule has 0 aliphatic heterocycles. The number of carbonyl (C=O) groups is 3. The Morgan fingerprint density at radius 2 is 1.91 bits per heavy atom. The van der Waals surface area contributed by atoms with Crippen molar-refractivity contribution in [2.75, 3.05) is 14.1 Å². The summed E-state index contributed by atoms with van der Waals surface area (Å²) >= 11 is 0. The van der Waals surface area contributed by atoms with Gasteiger partial charge in [0.25, 0.3) is 5.91 Å². The molecule has 1 fully saturated rings. The second-order valence-electron chi connectivity index (χ2n) is 8.89. The Hall–Kier alpha value is -3.28. The Bertz CT molecular complexity index is 1190. The number of halogens is 1. The summed E-state index contributed by atoms with van der Waals surface area (Å²) in [7, 11) is 3.00. The average Bonchev–Trinajstić information content (AvgIpc) is 2.72. The Labute approximate surface area is 187 Å². The number of rotatable bonds is 3. The first-order valence-corrected chi connectivity index (χ1v) is 10.3. The molecule has 10 nitrogen and oxygen atoms in total. The van der Waals surface area contributed by atoms with E-state index >= 15 is 4.39 Å². The number of amides is 1. The summed E-state index contributed by atoms with van der Waals surface area (Å²) in [6, 6.07) is -0.156. The van der Waals surface area contributed by atoms with Crippen LogP contribution in [0.25, 0.3) is 5.76 Å². The second kappa shape index (κ2) is 7.37. The van der Waals surface area contributed by atoms with Crippen molar-refractivity contribution < 1.29 is 39.2 Å². The van der Waals surface area contributed by atoms with Gasteiger partial charge in [0.2, 0.25) is 5.78 Å². The molecule has 0 bridgehead atoms. The predicted octanol–water partition coefficient (Wildman–Crippen LogP) is -0.438. The number of nitrogens with zero attached hydrogens (tertiary/aromatic N) is 1. The molecule has 3 aliphatic carbocycles. The van der Waals surface area contributed by atoms with Crippen LogP contribution in [0.2, 0.25) is 0 Å². The minimum absolute atomic E-state index is 0.0202. The van der Waals surface area contributed by atoms with Crippen LogP contribution in [-0.4, -0.2) is 68.5 Å².